The largest absolute Gasteiger partial charge is 0.495 e. The predicted molar refractivity (Wildman–Crippen MR) is 108 cm³/mol. The molecular weight excluding hydrogens is 400 g/mol. The van der Waals surface area contributed by atoms with Gasteiger partial charge in [0.05, 0.1) is 28.3 Å². The molecule has 28 heavy (non-hydrogen) atoms. The van der Waals surface area contributed by atoms with Gasteiger partial charge >= 0.3 is 0 Å². The Kier molecular flexibility index (Phi) is 5.15. The summed E-state index contributed by atoms with van der Waals surface area (Å²) in [5.41, 5.74) is 1.68. The summed E-state index contributed by atoms with van der Waals surface area (Å²) < 4.78 is 6.07. The van der Waals surface area contributed by atoms with Crippen molar-refractivity contribution in [1.82, 2.24) is 14.9 Å². The van der Waals surface area contributed by atoms with Crippen molar-refractivity contribution in [2.45, 2.75) is 13.0 Å². The van der Waals surface area contributed by atoms with E-state index in [1.54, 1.807) is 36.5 Å². The fourth-order valence-electron chi connectivity index (χ4n) is 3.16. The number of benzene rings is 1. The van der Waals surface area contributed by atoms with E-state index >= 15 is 0 Å². The number of carbonyl (C=O) groups is 2. The summed E-state index contributed by atoms with van der Waals surface area (Å²) in [6, 6.07) is 7.22. The number of anilines is 1. The summed E-state index contributed by atoms with van der Waals surface area (Å²) in [5.74, 6) is -0.0798. The van der Waals surface area contributed by atoms with Crippen molar-refractivity contribution in [2.24, 2.45) is 5.92 Å². The molecule has 0 radical (unpaired) electrons. The van der Waals surface area contributed by atoms with Gasteiger partial charge in [0.1, 0.15) is 5.75 Å². The van der Waals surface area contributed by atoms with E-state index in [0.29, 0.717) is 34.5 Å². The lowest BCUT2D eigenvalue weighted by Gasteiger charge is -2.16. The van der Waals surface area contributed by atoms with Crippen molar-refractivity contribution in [3.63, 3.8) is 0 Å². The Morgan fingerprint density at radius 2 is 2.18 bits per heavy atom. The molecule has 2 amide bonds. The molecule has 9 heteroatoms. The normalized spacial score (nSPS) is 16.6. The molecule has 1 aliphatic heterocycles. The van der Waals surface area contributed by atoms with Crippen molar-refractivity contribution in [2.75, 3.05) is 19.0 Å². The maximum absolute atomic E-state index is 12.6. The first-order valence-corrected chi connectivity index (χ1v) is 9.84. The Hall–Kier alpha value is -2.71. The summed E-state index contributed by atoms with van der Waals surface area (Å²) in [4.78, 5) is 35.0. The number of aromatic nitrogens is 2. The van der Waals surface area contributed by atoms with Crippen molar-refractivity contribution in [3.8, 4) is 5.75 Å². The standard InChI is InChI=1S/C19H17ClN4O3S/c1-27-15-8-16-14(7-13(15)20)22-19(28-16)23-18(26)12-6-17(25)24(10-12)9-11-2-4-21-5-3-11/h2-5,7-8,12H,6,9-10H2,1H3,(H,22,23,26)/t12-/m1/s1. The highest BCUT2D eigenvalue weighted by molar-refractivity contribution is 7.22. The average Bonchev–Trinajstić information content (AvgIpc) is 3.24. The number of nitrogens with zero attached hydrogens (tertiary/aromatic N) is 3. The van der Waals surface area contributed by atoms with E-state index in [1.807, 2.05) is 12.1 Å². The quantitative estimate of drug-likeness (QED) is 0.689. The number of hydrogen-bond acceptors (Lipinski definition) is 6. The van der Waals surface area contributed by atoms with Crippen LogP contribution in [0, 0.1) is 5.92 Å². The first-order chi connectivity index (χ1) is 13.5. The second-order valence-electron chi connectivity index (χ2n) is 6.49. The minimum atomic E-state index is -0.403. The molecule has 1 N–H and O–H groups in total. The Morgan fingerprint density at radius 1 is 1.39 bits per heavy atom. The third kappa shape index (κ3) is 3.79. The zero-order valence-electron chi connectivity index (χ0n) is 15.0. The van der Waals surface area contributed by atoms with Gasteiger partial charge in [0.25, 0.3) is 0 Å². The number of halogens is 1. The van der Waals surface area contributed by atoms with Crippen LogP contribution in [-0.2, 0) is 16.1 Å². The molecule has 1 atom stereocenters. The first kappa shape index (κ1) is 18.6. The second kappa shape index (κ2) is 7.73. The minimum Gasteiger partial charge on any atom is -0.495 e. The van der Waals surface area contributed by atoms with E-state index in [9.17, 15) is 9.59 Å². The van der Waals surface area contributed by atoms with Crippen molar-refractivity contribution < 1.29 is 14.3 Å². The smallest absolute Gasteiger partial charge is 0.231 e. The Labute approximate surface area is 170 Å². The molecule has 0 unspecified atom stereocenters. The van der Waals surface area contributed by atoms with Crippen LogP contribution in [0.1, 0.15) is 12.0 Å². The monoisotopic (exact) mass is 416 g/mol. The van der Waals surface area contributed by atoms with E-state index < -0.39 is 5.92 Å². The van der Waals surface area contributed by atoms with E-state index in [2.05, 4.69) is 15.3 Å². The molecule has 3 aromatic rings. The number of rotatable bonds is 5. The van der Waals surface area contributed by atoms with Gasteiger partial charge in [-0.1, -0.05) is 22.9 Å². The number of amides is 2. The maximum atomic E-state index is 12.6. The topological polar surface area (TPSA) is 84.4 Å². The summed E-state index contributed by atoms with van der Waals surface area (Å²) in [6.07, 6.45) is 3.57. The molecule has 1 aliphatic rings. The number of hydrogen-bond donors (Lipinski definition) is 1. The summed E-state index contributed by atoms with van der Waals surface area (Å²) in [5, 5.41) is 3.77. The van der Waals surface area contributed by atoms with Gasteiger partial charge in [0.2, 0.25) is 11.8 Å². The SMILES string of the molecule is COc1cc2sc(NC(=O)[C@@H]3CC(=O)N(Cc4ccncc4)C3)nc2cc1Cl. The van der Waals surface area contributed by atoms with Crippen LogP contribution in [0.4, 0.5) is 5.13 Å². The fraction of sp³-hybridized carbons (Fsp3) is 0.263. The molecule has 2 aromatic heterocycles. The van der Waals surface area contributed by atoms with Gasteiger partial charge in [-0.15, -0.1) is 0 Å². The van der Waals surface area contributed by atoms with Crippen LogP contribution in [-0.4, -0.2) is 40.3 Å². The summed E-state index contributed by atoms with van der Waals surface area (Å²) in [6.45, 7) is 0.863. The number of methoxy groups -OCH3 is 1. The van der Waals surface area contributed by atoms with Gasteiger partial charge in [-0.25, -0.2) is 4.98 Å². The molecule has 1 aromatic carbocycles. The maximum Gasteiger partial charge on any atom is 0.231 e. The molecule has 0 saturated carbocycles. The van der Waals surface area contributed by atoms with Gasteiger partial charge in [0, 0.05) is 38.0 Å². The van der Waals surface area contributed by atoms with E-state index in [0.717, 1.165) is 10.3 Å². The number of nitrogens with one attached hydrogen (secondary N) is 1. The minimum absolute atomic E-state index is 0.0298. The lowest BCUT2D eigenvalue weighted by atomic mass is 10.1. The van der Waals surface area contributed by atoms with Gasteiger partial charge in [-0.3, -0.25) is 14.6 Å². The van der Waals surface area contributed by atoms with Crippen LogP contribution in [0.5, 0.6) is 5.75 Å². The van der Waals surface area contributed by atoms with Crippen molar-refractivity contribution >= 4 is 50.1 Å². The predicted octanol–water partition coefficient (Wildman–Crippen LogP) is 3.34. The van der Waals surface area contributed by atoms with Gasteiger partial charge < -0.3 is 15.0 Å². The van der Waals surface area contributed by atoms with E-state index in [1.165, 1.54) is 11.3 Å². The number of likely N-dealkylation sites (tertiary alicyclic amines) is 1. The molecule has 3 heterocycles. The van der Waals surface area contributed by atoms with Gasteiger partial charge in [0.15, 0.2) is 5.13 Å². The molecule has 0 bridgehead atoms. The lowest BCUT2D eigenvalue weighted by molar-refractivity contribution is -0.128. The van der Waals surface area contributed by atoms with Crippen LogP contribution in [0.15, 0.2) is 36.7 Å². The lowest BCUT2D eigenvalue weighted by Crippen LogP contribution is -2.28. The Balaban J connectivity index is 1.44. The average molecular weight is 417 g/mol. The number of fused-ring (bicyclic) bond motifs is 1. The van der Waals surface area contributed by atoms with E-state index in [-0.39, 0.29) is 18.2 Å². The van der Waals surface area contributed by atoms with Crippen LogP contribution >= 0.6 is 22.9 Å². The molecule has 0 spiro atoms. The summed E-state index contributed by atoms with van der Waals surface area (Å²) >= 11 is 7.47. The van der Waals surface area contributed by atoms with Gasteiger partial charge in [-0.2, -0.15) is 0 Å². The summed E-state index contributed by atoms with van der Waals surface area (Å²) in [7, 11) is 1.55. The number of pyridine rings is 1. The van der Waals surface area contributed by atoms with Crippen molar-refractivity contribution in [3.05, 3.63) is 47.2 Å². The van der Waals surface area contributed by atoms with Crippen LogP contribution in [0.3, 0.4) is 0 Å². The van der Waals surface area contributed by atoms with Crippen molar-refractivity contribution in [1.29, 1.82) is 0 Å². The van der Waals surface area contributed by atoms with Crippen LogP contribution in [0.25, 0.3) is 10.2 Å². The zero-order valence-corrected chi connectivity index (χ0v) is 16.6. The van der Waals surface area contributed by atoms with Crippen LogP contribution in [0.2, 0.25) is 5.02 Å². The Bertz CT molecular complexity index is 1040. The number of carbonyl (C=O) groups excluding carboxylic acids is 2. The zero-order chi connectivity index (χ0) is 19.7. The molecule has 1 fully saturated rings. The third-order valence-corrected chi connectivity index (χ3v) is 5.83. The highest BCUT2D eigenvalue weighted by Crippen LogP contribution is 2.34. The molecule has 7 nitrogen and oxygen atoms in total. The number of ether oxygens (including phenoxy) is 1. The fourth-order valence-corrected chi connectivity index (χ4v) is 4.27. The molecular formula is C19H17ClN4O3S. The molecule has 144 valence electrons. The molecule has 4 rings (SSSR count). The van der Waals surface area contributed by atoms with Gasteiger partial charge in [-0.05, 0) is 23.8 Å². The first-order valence-electron chi connectivity index (χ1n) is 8.65. The molecule has 0 aliphatic carbocycles. The Morgan fingerprint density at radius 3 is 2.93 bits per heavy atom. The highest BCUT2D eigenvalue weighted by Gasteiger charge is 2.34. The third-order valence-electron chi connectivity index (χ3n) is 4.60. The number of thiazole rings is 1. The van der Waals surface area contributed by atoms with Crippen LogP contribution < -0.4 is 10.1 Å². The molecule has 1 saturated heterocycles. The van der Waals surface area contributed by atoms with E-state index in [4.69, 9.17) is 16.3 Å². The second-order valence-corrected chi connectivity index (χ2v) is 7.93. The highest BCUT2D eigenvalue weighted by atomic mass is 35.5.